The van der Waals surface area contributed by atoms with Gasteiger partial charge in [0.1, 0.15) is 0 Å². The highest BCUT2D eigenvalue weighted by atomic mass is 32.2. The van der Waals surface area contributed by atoms with Crippen molar-refractivity contribution >= 4 is 11.8 Å². The van der Waals surface area contributed by atoms with Crippen LogP contribution in [0, 0.1) is 11.6 Å². The van der Waals surface area contributed by atoms with E-state index >= 15 is 0 Å². The van der Waals surface area contributed by atoms with Crippen molar-refractivity contribution in [2.45, 2.75) is 17.2 Å². The van der Waals surface area contributed by atoms with E-state index in [1.54, 1.807) is 6.07 Å². The predicted molar refractivity (Wildman–Crippen MR) is 70.3 cm³/mol. The van der Waals surface area contributed by atoms with Gasteiger partial charge in [-0.2, -0.15) is 0 Å². The SMILES string of the molecule is NCc1ccc(CSc2ccc(F)c(F)c2)cc1. The van der Waals surface area contributed by atoms with Crippen molar-refractivity contribution in [3.8, 4) is 0 Å². The standard InChI is InChI=1S/C14H13F2NS/c15-13-6-5-12(7-14(13)16)18-9-11-3-1-10(8-17)2-4-11/h1-7H,8-9,17H2. The summed E-state index contributed by atoms with van der Waals surface area (Å²) in [6.45, 7) is 0.524. The lowest BCUT2D eigenvalue weighted by Crippen LogP contribution is -1.95. The van der Waals surface area contributed by atoms with Gasteiger partial charge in [0.05, 0.1) is 0 Å². The lowest BCUT2D eigenvalue weighted by Gasteiger charge is -2.04. The van der Waals surface area contributed by atoms with Crippen LogP contribution in [0.5, 0.6) is 0 Å². The lowest BCUT2D eigenvalue weighted by atomic mass is 10.1. The summed E-state index contributed by atoms with van der Waals surface area (Å²) in [5.74, 6) is -0.902. The fourth-order valence-corrected chi connectivity index (χ4v) is 2.38. The maximum Gasteiger partial charge on any atom is 0.159 e. The van der Waals surface area contributed by atoms with E-state index in [-0.39, 0.29) is 0 Å². The molecule has 0 fully saturated rings. The maximum absolute atomic E-state index is 13.0. The van der Waals surface area contributed by atoms with Gasteiger partial charge in [0.25, 0.3) is 0 Å². The van der Waals surface area contributed by atoms with E-state index in [1.807, 2.05) is 24.3 Å². The van der Waals surface area contributed by atoms with Crippen LogP contribution < -0.4 is 5.73 Å². The Morgan fingerprint density at radius 1 is 0.889 bits per heavy atom. The van der Waals surface area contributed by atoms with Crippen molar-refractivity contribution < 1.29 is 8.78 Å². The molecule has 4 heteroatoms. The summed E-state index contributed by atoms with van der Waals surface area (Å²) < 4.78 is 25.8. The number of halogens is 2. The van der Waals surface area contributed by atoms with E-state index in [2.05, 4.69) is 0 Å². The molecule has 0 atom stereocenters. The lowest BCUT2D eigenvalue weighted by molar-refractivity contribution is 0.506. The zero-order chi connectivity index (χ0) is 13.0. The molecule has 0 bridgehead atoms. The number of hydrogen-bond acceptors (Lipinski definition) is 2. The monoisotopic (exact) mass is 265 g/mol. The van der Waals surface area contributed by atoms with Crippen LogP contribution in [0.2, 0.25) is 0 Å². The average Bonchev–Trinajstić information content (AvgIpc) is 2.41. The molecule has 2 rings (SSSR count). The van der Waals surface area contributed by atoms with Gasteiger partial charge in [-0.1, -0.05) is 24.3 Å². The highest BCUT2D eigenvalue weighted by Gasteiger charge is 2.03. The van der Waals surface area contributed by atoms with Gasteiger partial charge in [0.2, 0.25) is 0 Å². The number of benzene rings is 2. The van der Waals surface area contributed by atoms with Crippen LogP contribution in [0.3, 0.4) is 0 Å². The van der Waals surface area contributed by atoms with Gasteiger partial charge in [-0.3, -0.25) is 0 Å². The predicted octanol–water partition coefficient (Wildman–Crippen LogP) is 3.72. The van der Waals surface area contributed by atoms with Crippen LogP contribution in [-0.4, -0.2) is 0 Å². The van der Waals surface area contributed by atoms with E-state index in [0.717, 1.165) is 27.8 Å². The molecule has 0 heterocycles. The molecule has 0 aliphatic carbocycles. The summed E-state index contributed by atoms with van der Waals surface area (Å²) in [6, 6.07) is 11.9. The number of rotatable bonds is 4. The Kier molecular flexibility index (Phi) is 4.33. The third-order valence-corrected chi connectivity index (χ3v) is 3.62. The zero-order valence-electron chi connectivity index (χ0n) is 9.70. The Balaban J connectivity index is 1.99. The first kappa shape index (κ1) is 13.1. The molecule has 0 spiro atoms. The molecule has 94 valence electrons. The summed E-state index contributed by atoms with van der Waals surface area (Å²) in [5.41, 5.74) is 7.72. The fourth-order valence-electron chi connectivity index (χ4n) is 1.50. The molecule has 2 aromatic rings. The molecule has 0 aliphatic heterocycles. The van der Waals surface area contributed by atoms with Crippen molar-refractivity contribution in [1.29, 1.82) is 0 Å². The Bertz CT molecular complexity index is 526. The zero-order valence-corrected chi connectivity index (χ0v) is 10.5. The molecule has 2 aromatic carbocycles. The molecule has 0 amide bonds. The molecule has 0 aromatic heterocycles. The molecule has 0 aliphatic rings. The van der Waals surface area contributed by atoms with Crippen LogP contribution in [0.25, 0.3) is 0 Å². The number of hydrogen-bond donors (Lipinski definition) is 1. The van der Waals surface area contributed by atoms with Gasteiger partial charge < -0.3 is 5.73 Å². The minimum Gasteiger partial charge on any atom is -0.326 e. The highest BCUT2D eigenvalue weighted by Crippen LogP contribution is 2.24. The Hall–Kier alpha value is -1.39. The summed E-state index contributed by atoms with van der Waals surface area (Å²) in [7, 11) is 0. The van der Waals surface area contributed by atoms with E-state index in [1.165, 1.54) is 17.8 Å². The molecule has 2 N–H and O–H groups in total. The summed E-state index contributed by atoms with van der Waals surface area (Å²) in [4.78, 5) is 0.719. The smallest absolute Gasteiger partial charge is 0.159 e. The van der Waals surface area contributed by atoms with Gasteiger partial charge >= 0.3 is 0 Å². The van der Waals surface area contributed by atoms with E-state index in [0.29, 0.717) is 6.54 Å². The van der Waals surface area contributed by atoms with E-state index < -0.39 is 11.6 Å². The molecule has 1 nitrogen and oxygen atoms in total. The van der Waals surface area contributed by atoms with Crippen molar-refractivity contribution in [1.82, 2.24) is 0 Å². The molecule has 18 heavy (non-hydrogen) atoms. The van der Waals surface area contributed by atoms with Crippen LogP contribution in [0.1, 0.15) is 11.1 Å². The van der Waals surface area contributed by atoms with Crippen molar-refractivity contribution in [3.63, 3.8) is 0 Å². The summed E-state index contributed by atoms with van der Waals surface area (Å²) in [5, 5.41) is 0. The molecule has 0 saturated carbocycles. The fraction of sp³-hybridized carbons (Fsp3) is 0.143. The minimum absolute atomic E-state index is 0.524. The average molecular weight is 265 g/mol. The number of thioether (sulfide) groups is 1. The van der Waals surface area contributed by atoms with Crippen LogP contribution >= 0.6 is 11.8 Å². The van der Waals surface area contributed by atoms with Gasteiger partial charge in [-0.25, -0.2) is 8.78 Å². The molecular weight excluding hydrogens is 252 g/mol. The van der Waals surface area contributed by atoms with Crippen LogP contribution in [0.15, 0.2) is 47.4 Å². The minimum atomic E-state index is -0.813. The second-order valence-electron chi connectivity index (χ2n) is 3.89. The normalized spacial score (nSPS) is 10.6. The Labute approximate surface area is 109 Å². The first-order chi connectivity index (χ1) is 8.69. The maximum atomic E-state index is 13.0. The second-order valence-corrected chi connectivity index (χ2v) is 4.93. The molecule has 0 radical (unpaired) electrons. The molecule has 0 saturated heterocycles. The molecule has 0 unspecified atom stereocenters. The third-order valence-electron chi connectivity index (χ3n) is 2.56. The topological polar surface area (TPSA) is 26.0 Å². The Morgan fingerprint density at radius 3 is 2.17 bits per heavy atom. The van der Waals surface area contributed by atoms with Crippen LogP contribution in [-0.2, 0) is 12.3 Å². The van der Waals surface area contributed by atoms with Crippen molar-refractivity contribution in [2.75, 3.05) is 0 Å². The summed E-state index contributed by atoms with van der Waals surface area (Å²) in [6.07, 6.45) is 0. The highest BCUT2D eigenvalue weighted by molar-refractivity contribution is 7.98. The van der Waals surface area contributed by atoms with E-state index in [4.69, 9.17) is 5.73 Å². The third kappa shape index (κ3) is 3.31. The van der Waals surface area contributed by atoms with Crippen LogP contribution in [0.4, 0.5) is 8.78 Å². The van der Waals surface area contributed by atoms with Crippen molar-refractivity contribution in [3.05, 3.63) is 65.2 Å². The first-order valence-electron chi connectivity index (χ1n) is 5.55. The second kappa shape index (κ2) is 5.98. The summed E-state index contributed by atoms with van der Waals surface area (Å²) >= 11 is 1.47. The van der Waals surface area contributed by atoms with Gasteiger partial charge in [-0.05, 0) is 29.3 Å². The van der Waals surface area contributed by atoms with Crippen molar-refractivity contribution in [2.24, 2.45) is 5.73 Å². The van der Waals surface area contributed by atoms with Gasteiger partial charge in [0, 0.05) is 17.2 Å². The Morgan fingerprint density at radius 2 is 1.56 bits per heavy atom. The molecular formula is C14H13F2NS. The van der Waals surface area contributed by atoms with E-state index in [9.17, 15) is 8.78 Å². The van der Waals surface area contributed by atoms with Gasteiger partial charge in [-0.15, -0.1) is 11.8 Å². The number of nitrogens with two attached hydrogens (primary N) is 1. The largest absolute Gasteiger partial charge is 0.326 e. The first-order valence-corrected chi connectivity index (χ1v) is 6.53. The quantitative estimate of drug-likeness (QED) is 0.853. The van der Waals surface area contributed by atoms with Gasteiger partial charge in [0.15, 0.2) is 11.6 Å².